The van der Waals surface area contributed by atoms with Gasteiger partial charge in [0.25, 0.3) is 0 Å². The molecule has 0 aromatic heterocycles. The first-order valence-electron chi connectivity index (χ1n) is 9.24. The van der Waals surface area contributed by atoms with Gasteiger partial charge in [0.05, 0.1) is 0 Å². The van der Waals surface area contributed by atoms with Crippen molar-refractivity contribution in [2.45, 2.75) is 32.1 Å². The van der Waals surface area contributed by atoms with Gasteiger partial charge in [0, 0.05) is 32.2 Å². The first kappa shape index (κ1) is 17.4. The van der Waals surface area contributed by atoms with Crippen molar-refractivity contribution < 1.29 is 9.53 Å². The van der Waals surface area contributed by atoms with Gasteiger partial charge in [-0.1, -0.05) is 30.3 Å². The van der Waals surface area contributed by atoms with Gasteiger partial charge in [-0.15, -0.1) is 0 Å². The fourth-order valence-electron chi connectivity index (χ4n) is 4.35. The number of likely N-dealkylation sites (tertiary alicyclic amines) is 2. The highest BCUT2D eigenvalue weighted by atomic mass is 16.5. The van der Waals surface area contributed by atoms with Crippen LogP contribution < -0.4 is 0 Å². The number of piperidine rings is 1. The normalized spacial score (nSPS) is 24.6. The van der Waals surface area contributed by atoms with Gasteiger partial charge in [0.2, 0.25) is 5.91 Å². The molecular weight excluding hydrogens is 300 g/mol. The Kier molecular flexibility index (Phi) is 5.90. The second kappa shape index (κ2) is 8.13. The smallest absolute Gasteiger partial charge is 0.248 e. The number of hydrogen-bond acceptors (Lipinski definition) is 3. The lowest BCUT2D eigenvalue weighted by molar-refractivity contribution is -0.134. The molecule has 0 N–H and O–H groups in total. The van der Waals surface area contributed by atoms with E-state index in [9.17, 15) is 4.79 Å². The van der Waals surface area contributed by atoms with Crippen LogP contribution in [0.2, 0.25) is 0 Å². The van der Waals surface area contributed by atoms with Crippen molar-refractivity contribution in [3.63, 3.8) is 0 Å². The summed E-state index contributed by atoms with van der Waals surface area (Å²) >= 11 is 0. The maximum Gasteiger partial charge on any atom is 0.248 e. The Balaban J connectivity index is 1.47. The zero-order valence-corrected chi connectivity index (χ0v) is 14.9. The Morgan fingerprint density at radius 2 is 2.00 bits per heavy atom. The Hall–Kier alpha value is -1.39. The molecule has 0 radical (unpaired) electrons. The fraction of sp³-hybridized carbons (Fsp3) is 0.650. The van der Waals surface area contributed by atoms with Crippen LogP contribution in [0.3, 0.4) is 0 Å². The van der Waals surface area contributed by atoms with E-state index in [1.807, 2.05) is 4.90 Å². The monoisotopic (exact) mass is 330 g/mol. The number of rotatable bonds is 6. The number of nitrogens with zero attached hydrogens (tertiary/aromatic N) is 2. The van der Waals surface area contributed by atoms with Gasteiger partial charge in [0.15, 0.2) is 0 Å². The van der Waals surface area contributed by atoms with Crippen LogP contribution in [0.5, 0.6) is 0 Å². The maximum atomic E-state index is 12.1. The molecule has 1 amide bonds. The third-order valence-corrected chi connectivity index (χ3v) is 5.58. The predicted octanol–water partition coefficient (Wildman–Crippen LogP) is 2.58. The molecule has 1 aromatic carbocycles. The molecule has 0 bridgehead atoms. The van der Waals surface area contributed by atoms with E-state index in [0.29, 0.717) is 5.41 Å². The van der Waals surface area contributed by atoms with Crippen molar-refractivity contribution in [3.05, 3.63) is 35.9 Å². The van der Waals surface area contributed by atoms with Gasteiger partial charge in [-0.25, -0.2) is 0 Å². The van der Waals surface area contributed by atoms with E-state index in [4.69, 9.17) is 4.74 Å². The summed E-state index contributed by atoms with van der Waals surface area (Å²) < 4.78 is 5.01. The van der Waals surface area contributed by atoms with Crippen molar-refractivity contribution in [2.75, 3.05) is 46.4 Å². The number of carbonyl (C=O) groups is 1. The summed E-state index contributed by atoms with van der Waals surface area (Å²) in [6, 6.07) is 10.8. The number of amides is 1. The molecule has 1 aromatic rings. The molecule has 3 rings (SSSR count). The molecule has 0 saturated carbocycles. The molecular formula is C20H30N2O2. The Bertz CT molecular complexity index is 534. The lowest BCUT2D eigenvalue weighted by atomic mass is 9.79. The quantitative estimate of drug-likeness (QED) is 0.804. The van der Waals surface area contributed by atoms with E-state index in [1.54, 1.807) is 7.11 Å². The minimum atomic E-state index is 0.149. The summed E-state index contributed by atoms with van der Waals surface area (Å²) in [6.07, 6.45) is 6.05. The van der Waals surface area contributed by atoms with Crippen molar-refractivity contribution in [2.24, 2.45) is 5.41 Å². The minimum Gasteiger partial charge on any atom is -0.375 e. The summed E-state index contributed by atoms with van der Waals surface area (Å²) in [5.41, 5.74) is 1.76. The van der Waals surface area contributed by atoms with E-state index >= 15 is 0 Å². The number of carbonyl (C=O) groups excluding carboxylic acids is 1. The molecule has 2 saturated heterocycles. The average molecular weight is 330 g/mol. The number of hydrogen-bond donors (Lipinski definition) is 0. The van der Waals surface area contributed by atoms with E-state index in [2.05, 4.69) is 35.2 Å². The molecule has 2 aliphatic heterocycles. The highest BCUT2D eigenvalue weighted by molar-refractivity contribution is 5.77. The first-order valence-corrected chi connectivity index (χ1v) is 9.24. The van der Waals surface area contributed by atoms with Crippen molar-refractivity contribution in [1.82, 2.24) is 9.80 Å². The third-order valence-electron chi connectivity index (χ3n) is 5.58. The van der Waals surface area contributed by atoms with Crippen LogP contribution in [0.15, 0.2) is 30.3 Å². The Morgan fingerprint density at radius 3 is 2.79 bits per heavy atom. The van der Waals surface area contributed by atoms with E-state index < -0.39 is 0 Å². The van der Waals surface area contributed by atoms with Crippen LogP contribution in [0.25, 0.3) is 0 Å². The molecule has 1 spiro atoms. The summed E-state index contributed by atoms with van der Waals surface area (Å²) in [7, 11) is 1.60. The fourth-order valence-corrected chi connectivity index (χ4v) is 4.35. The highest BCUT2D eigenvalue weighted by Gasteiger charge is 2.42. The van der Waals surface area contributed by atoms with Crippen LogP contribution in [-0.4, -0.2) is 62.1 Å². The topological polar surface area (TPSA) is 32.8 Å². The molecule has 2 aliphatic rings. The minimum absolute atomic E-state index is 0.149. The molecule has 2 heterocycles. The Morgan fingerprint density at radius 1 is 1.17 bits per heavy atom. The lowest BCUT2D eigenvalue weighted by Crippen LogP contribution is -2.46. The number of benzene rings is 1. The number of ether oxygens (including phenoxy) is 1. The number of methoxy groups -OCH3 is 1. The third kappa shape index (κ3) is 4.37. The van der Waals surface area contributed by atoms with Gasteiger partial charge in [0.1, 0.15) is 6.61 Å². The van der Waals surface area contributed by atoms with Gasteiger partial charge in [-0.05, 0) is 50.8 Å². The van der Waals surface area contributed by atoms with E-state index in [1.165, 1.54) is 37.9 Å². The van der Waals surface area contributed by atoms with Gasteiger partial charge in [-0.2, -0.15) is 0 Å². The molecule has 4 heteroatoms. The number of aryl methyl sites for hydroxylation is 1. The van der Waals surface area contributed by atoms with Gasteiger partial charge in [-0.3, -0.25) is 4.79 Å². The molecule has 24 heavy (non-hydrogen) atoms. The van der Waals surface area contributed by atoms with Crippen molar-refractivity contribution in [1.29, 1.82) is 0 Å². The molecule has 1 atom stereocenters. The van der Waals surface area contributed by atoms with Crippen molar-refractivity contribution >= 4 is 5.91 Å². The first-order chi connectivity index (χ1) is 11.7. The molecule has 0 aliphatic carbocycles. The highest BCUT2D eigenvalue weighted by Crippen LogP contribution is 2.39. The zero-order chi connectivity index (χ0) is 16.8. The molecule has 4 nitrogen and oxygen atoms in total. The van der Waals surface area contributed by atoms with Crippen LogP contribution in [0.1, 0.15) is 31.2 Å². The summed E-state index contributed by atoms with van der Waals surface area (Å²) in [5.74, 6) is 0.149. The van der Waals surface area contributed by atoms with E-state index in [-0.39, 0.29) is 12.5 Å². The predicted molar refractivity (Wildman–Crippen MR) is 95.9 cm³/mol. The summed E-state index contributed by atoms with van der Waals surface area (Å²) in [6.45, 7) is 5.57. The second-order valence-electron chi connectivity index (χ2n) is 7.47. The maximum absolute atomic E-state index is 12.1. The van der Waals surface area contributed by atoms with E-state index in [0.717, 1.165) is 32.5 Å². The molecule has 0 unspecified atom stereocenters. The summed E-state index contributed by atoms with van der Waals surface area (Å²) in [5, 5.41) is 0. The van der Waals surface area contributed by atoms with Gasteiger partial charge >= 0.3 is 0 Å². The van der Waals surface area contributed by atoms with Crippen LogP contribution >= 0.6 is 0 Å². The Labute approximate surface area is 145 Å². The van der Waals surface area contributed by atoms with Crippen LogP contribution in [-0.2, 0) is 16.0 Å². The second-order valence-corrected chi connectivity index (χ2v) is 7.47. The van der Waals surface area contributed by atoms with Gasteiger partial charge < -0.3 is 14.5 Å². The molecule has 132 valence electrons. The largest absolute Gasteiger partial charge is 0.375 e. The lowest BCUT2D eigenvalue weighted by Gasteiger charge is -2.40. The summed E-state index contributed by atoms with van der Waals surface area (Å²) in [4.78, 5) is 16.7. The van der Waals surface area contributed by atoms with Crippen LogP contribution in [0, 0.1) is 5.41 Å². The van der Waals surface area contributed by atoms with Crippen LogP contribution in [0.4, 0.5) is 0 Å². The van der Waals surface area contributed by atoms with Crippen molar-refractivity contribution in [3.8, 4) is 0 Å². The average Bonchev–Trinajstić information content (AvgIpc) is 3.00. The zero-order valence-electron chi connectivity index (χ0n) is 14.9. The molecule has 2 fully saturated rings. The SMILES string of the molecule is COCC(=O)N1CC[C@]2(CCCN(CCCc3ccccc3)C2)C1. The standard InChI is InChI=1S/C20H30N2O2/c1-24-15-19(23)22-14-11-20(17-22)10-6-13-21(16-20)12-5-9-18-7-3-2-4-8-18/h2-4,7-8H,5-6,9-17H2,1H3/t20-/m0/s1.